The summed E-state index contributed by atoms with van der Waals surface area (Å²) in [7, 11) is 0. The molecule has 2 aliphatic heterocycles. The largest absolute Gasteiger partial charge is 0.324 e. The molecule has 4 heteroatoms. The number of aromatic nitrogens is 1. The fraction of sp³-hybridized carbons (Fsp3) is 0.375. The van der Waals surface area contributed by atoms with E-state index in [1.165, 1.54) is 22.5 Å². The normalized spacial score (nSPS) is 23.2. The predicted molar refractivity (Wildman–Crippen MR) is 78.9 cm³/mol. The minimum absolute atomic E-state index is 0.164. The van der Waals surface area contributed by atoms with Crippen LogP contribution in [0.4, 0.5) is 0 Å². The van der Waals surface area contributed by atoms with Gasteiger partial charge in [-0.1, -0.05) is 24.3 Å². The monoisotopic (exact) mass is 284 g/mol. The highest BCUT2D eigenvalue weighted by Gasteiger charge is 2.46. The number of carbonyl (C=O) groups excluding carboxylic acids is 1. The minimum atomic E-state index is 0.164. The van der Waals surface area contributed by atoms with Gasteiger partial charge in [-0.25, -0.2) is 4.98 Å². The first kappa shape index (κ1) is 12.1. The highest BCUT2D eigenvalue weighted by molar-refractivity contribution is 7.13. The maximum absolute atomic E-state index is 12.9. The van der Waals surface area contributed by atoms with Crippen LogP contribution in [0.5, 0.6) is 0 Å². The fourth-order valence-corrected chi connectivity index (χ4v) is 4.53. The molecular formula is C16H16N2OS. The van der Waals surface area contributed by atoms with Gasteiger partial charge in [0.25, 0.3) is 5.91 Å². The van der Waals surface area contributed by atoms with Crippen molar-refractivity contribution in [2.24, 2.45) is 0 Å². The molecule has 20 heavy (non-hydrogen) atoms. The molecule has 1 aromatic heterocycles. The van der Waals surface area contributed by atoms with Crippen molar-refractivity contribution in [3.63, 3.8) is 0 Å². The highest BCUT2D eigenvalue weighted by atomic mass is 32.1. The van der Waals surface area contributed by atoms with E-state index in [2.05, 4.69) is 34.1 Å². The lowest BCUT2D eigenvalue weighted by molar-refractivity contribution is 0.0701. The number of nitrogens with zero attached hydrogens (tertiary/aromatic N) is 2. The lowest BCUT2D eigenvalue weighted by atomic mass is 9.92. The van der Waals surface area contributed by atoms with E-state index in [1.54, 1.807) is 0 Å². The molecule has 0 aliphatic carbocycles. The first-order valence-electron chi connectivity index (χ1n) is 7.02. The highest BCUT2D eigenvalue weighted by Crippen LogP contribution is 2.53. The Labute approximate surface area is 122 Å². The van der Waals surface area contributed by atoms with E-state index in [0.29, 0.717) is 0 Å². The molecule has 2 unspecified atom stereocenters. The maximum Gasteiger partial charge on any atom is 0.266 e. The van der Waals surface area contributed by atoms with Gasteiger partial charge in [-0.3, -0.25) is 4.79 Å². The van der Waals surface area contributed by atoms with Crippen molar-refractivity contribution < 1.29 is 4.79 Å². The van der Waals surface area contributed by atoms with Crippen LogP contribution in [0.3, 0.4) is 0 Å². The summed E-state index contributed by atoms with van der Waals surface area (Å²) in [6, 6.07) is 9.03. The van der Waals surface area contributed by atoms with Gasteiger partial charge in [0.1, 0.15) is 4.88 Å². The van der Waals surface area contributed by atoms with Crippen LogP contribution in [0, 0.1) is 13.8 Å². The zero-order valence-electron chi connectivity index (χ0n) is 11.6. The van der Waals surface area contributed by atoms with Gasteiger partial charge in [0.05, 0.1) is 22.8 Å². The minimum Gasteiger partial charge on any atom is -0.324 e. The Morgan fingerprint density at radius 1 is 1.20 bits per heavy atom. The van der Waals surface area contributed by atoms with E-state index in [9.17, 15) is 4.79 Å². The second-order valence-electron chi connectivity index (χ2n) is 5.60. The maximum atomic E-state index is 12.9. The smallest absolute Gasteiger partial charge is 0.266 e. The van der Waals surface area contributed by atoms with E-state index in [0.717, 1.165) is 28.4 Å². The standard InChI is InChI=1S/C16H16N2OS/c1-9-15(20-10(2)17-9)16(19)18-13-7-8-14(18)12-6-4-3-5-11(12)13/h3-6,13-14H,7-8H2,1-2H3. The molecule has 2 bridgehead atoms. The van der Waals surface area contributed by atoms with Crippen molar-refractivity contribution >= 4 is 17.2 Å². The summed E-state index contributed by atoms with van der Waals surface area (Å²) in [4.78, 5) is 20.2. The number of carbonyl (C=O) groups is 1. The third-order valence-corrected chi connectivity index (χ3v) is 5.49. The van der Waals surface area contributed by atoms with E-state index in [-0.39, 0.29) is 18.0 Å². The Morgan fingerprint density at radius 2 is 1.80 bits per heavy atom. The Kier molecular flexibility index (Phi) is 2.51. The van der Waals surface area contributed by atoms with E-state index < -0.39 is 0 Å². The van der Waals surface area contributed by atoms with Crippen LogP contribution in [0.15, 0.2) is 24.3 Å². The van der Waals surface area contributed by atoms with Crippen LogP contribution < -0.4 is 0 Å². The summed E-state index contributed by atoms with van der Waals surface area (Å²) >= 11 is 1.52. The Hall–Kier alpha value is -1.68. The molecule has 2 aromatic rings. The van der Waals surface area contributed by atoms with Gasteiger partial charge in [-0.2, -0.15) is 0 Å². The lowest BCUT2D eigenvalue weighted by Crippen LogP contribution is -2.27. The Balaban J connectivity index is 1.75. The topological polar surface area (TPSA) is 33.2 Å². The van der Waals surface area contributed by atoms with Crippen LogP contribution in [-0.2, 0) is 0 Å². The summed E-state index contributed by atoms with van der Waals surface area (Å²) in [5.74, 6) is 0.164. The van der Waals surface area contributed by atoms with E-state index in [4.69, 9.17) is 0 Å². The Bertz CT molecular complexity index is 675. The molecule has 2 atom stereocenters. The zero-order chi connectivity index (χ0) is 13.9. The number of hydrogen-bond donors (Lipinski definition) is 0. The molecule has 0 radical (unpaired) electrons. The molecule has 4 rings (SSSR count). The first-order valence-corrected chi connectivity index (χ1v) is 7.84. The number of aryl methyl sites for hydroxylation is 2. The average Bonchev–Trinajstić information content (AvgIpc) is 3.10. The molecule has 3 nitrogen and oxygen atoms in total. The Morgan fingerprint density at radius 3 is 2.30 bits per heavy atom. The second-order valence-corrected chi connectivity index (χ2v) is 6.80. The van der Waals surface area contributed by atoms with Crippen LogP contribution >= 0.6 is 11.3 Å². The summed E-state index contributed by atoms with van der Waals surface area (Å²) in [5.41, 5.74) is 3.56. The number of benzene rings is 1. The summed E-state index contributed by atoms with van der Waals surface area (Å²) in [6.45, 7) is 3.89. The molecule has 0 N–H and O–H groups in total. The van der Waals surface area contributed by atoms with Crippen LogP contribution in [-0.4, -0.2) is 15.8 Å². The molecule has 1 amide bonds. The third kappa shape index (κ3) is 1.51. The average molecular weight is 284 g/mol. The fourth-order valence-electron chi connectivity index (χ4n) is 3.67. The van der Waals surface area contributed by atoms with Crippen LogP contribution in [0.25, 0.3) is 0 Å². The van der Waals surface area contributed by atoms with Crippen molar-refractivity contribution in [2.45, 2.75) is 38.8 Å². The summed E-state index contributed by atoms with van der Waals surface area (Å²) in [5, 5.41) is 0.968. The first-order chi connectivity index (χ1) is 9.66. The lowest BCUT2D eigenvalue weighted by Gasteiger charge is -2.22. The van der Waals surface area contributed by atoms with Gasteiger partial charge in [-0.05, 0) is 37.8 Å². The van der Waals surface area contributed by atoms with Crippen LogP contribution in [0.1, 0.15) is 56.4 Å². The van der Waals surface area contributed by atoms with Gasteiger partial charge >= 0.3 is 0 Å². The van der Waals surface area contributed by atoms with Gasteiger partial charge in [0, 0.05) is 0 Å². The van der Waals surface area contributed by atoms with Gasteiger partial charge in [0.2, 0.25) is 0 Å². The van der Waals surface area contributed by atoms with Crippen LogP contribution in [0.2, 0.25) is 0 Å². The molecular weight excluding hydrogens is 268 g/mol. The molecule has 2 aliphatic rings. The number of hydrogen-bond acceptors (Lipinski definition) is 3. The van der Waals surface area contributed by atoms with Gasteiger partial charge < -0.3 is 4.90 Å². The second kappa shape index (κ2) is 4.16. The number of rotatable bonds is 1. The van der Waals surface area contributed by atoms with E-state index >= 15 is 0 Å². The van der Waals surface area contributed by atoms with Crippen molar-refractivity contribution in [1.82, 2.24) is 9.88 Å². The van der Waals surface area contributed by atoms with E-state index in [1.807, 2.05) is 13.8 Å². The van der Waals surface area contributed by atoms with Crippen molar-refractivity contribution in [3.8, 4) is 0 Å². The molecule has 0 spiro atoms. The van der Waals surface area contributed by atoms with Gasteiger partial charge in [-0.15, -0.1) is 11.3 Å². The zero-order valence-corrected chi connectivity index (χ0v) is 12.4. The van der Waals surface area contributed by atoms with Crippen molar-refractivity contribution in [1.29, 1.82) is 0 Å². The quantitative estimate of drug-likeness (QED) is 0.798. The number of fused-ring (bicyclic) bond motifs is 5. The number of amides is 1. The summed E-state index contributed by atoms with van der Waals surface area (Å²) < 4.78 is 0. The predicted octanol–water partition coefficient (Wildman–Crippen LogP) is 3.79. The number of thiazole rings is 1. The van der Waals surface area contributed by atoms with Gasteiger partial charge in [0.15, 0.2) is 0 Å². The van der Waals surface area contributed by atoms with Crippen molar-refractivity contribution in [2.75, 3.05) is 0 Å². The molecule has 0 saturated carbocycles. The molecule has 1 fully saturated rings. The van der Waals surface area contributed by atoms with Crippen molar-refractivity contribution in [3.05, 3.63) is 51.0 Å². The molecule has 102 valence electrons. The molecule has 3 heterocycles. The third-order valence-electron chi connectivity index (χ3n) is 4.43. The summed E-state index contributed by atoms with van der Waals surface area (Å²) in [6.07, 6.45) is 2.18. The molecule has 1 saturated heterocycles. The SMILES string of the molecule is Cc1nc(C)c(C(=O)N2C3CCC2c2ccccc23)s1. The molecule has 1 aromatic carbocycles.